The molecule has 0 aromatic heterocycles. The molecule has 2 rings (SSSR count). The molecule has 1 saturated heterocycles. The predicted octanol–water partition coefficient (Wildman–Crippen LogP) is 1.12. The summed E-state index contributed by atoms with van der Waals surface area (Å²) in [5.74, 6) is -0.119. The maximum atomic E-state index is 10.8. The van der Waals surface area contributed by atoms with Gasteiger partial charge in [-0.2, -0.15) is 0 Å². The summed E-state index contributed by atoms with van der Waals surface area (Å²) in [7, 11) is 0. The average molecular weight is 170 g/mol. The molecule has 0 bridgehead atoms. The number of ether oxygens (including phenoxy) is 2. The summed E-state index contributed by atoms with van der Waals surface area (Å²) >= 11 is 0. The first-order valence-corrected chi connectivity index (χ1v) is 4.31. The highest BCUT2D eigenvalue weighted by Crippen LogP contribution is 2.43. The molecule has 0 N–H and O–H groups in total. The summed E-state index contributed by atoms with van der Waals surface area (Å²) in [6.45, 7) is 5.15. The fourth-order valence-electron chi connectivity index (χ4n) is 1.73. The molecule has 0 atom stereocenters. The van der Waals surface area contributed by atoms with Crippen LogP contribution in [-0.2, 0) is 14.3 Å². The van der Waals surface area contributed by atoms with Gasteiger partial charge in [0.05, 0.1) is 13.2 Å². The first kappa shape index (κ1) is 8.20. The van der Waals surface area contributed by atoms with Crippen molar-refractivity contribution in [3.63, 3.8) is 0 Å². The summed E-state index contributed by atoms with van der Waals surface area (Å²) in [4.78, 5) is 10.8. The zero-order valence-electron chi connectivity index (χ0n) is 7.55. The highest BCUT2D eigenvalue weighted by Gasteiger charge is 2.48. The molecule has 12 heavy (non-hydrogen) atoms. The Kier molecular flexibility index (Phi) is 1.57. The zero-order valence-corrected chi connectivity index (χ0v) is 7.55. The van der Waals surface area contributed by atoms with Gasteiger partial charge in [-0.15, -0.1) is 0 Å². The maximum absolute atomic E-state index is 10.8. The Hall–Kier alpha value is -0.410. The van der Waals surface area contributed by atoms with Gasteiger partial charge in [0.2, 0.25) is 0 Å². The number of Topliss-reactive ketones (excluding diaryl/α,β-unsaturated/α-hetero) is 1. The molecule has 2 fully saturated rings. The Labute approximate surface area is 72.0 Å². The van der Waals surface area contributed by atoms with Crippen molar-refractivity contribution in [3.8, 4) is 0 Å². The van der Waals surface area contributed by atoms with E-state index in [1.165, 1.54) is 0 Å². The second kappa shape index (κ2) is 2.30. The largest absolute Gasteiger partial charge is 0.350 e. The molecular formula is C9H14O3. The summed E-state index contributed by atoms with van der Waals surface area (Å²) in [5.41, 5.74) is 0.0343. The number of rotatable bonds is 0. The smallest absolute Gasteiger partial charge is 0.162 e. The predicted molar refractivity (Wildman–Crippen MR) is 42.7 cm³/mol. The van der Waals surface area contributed by atoms with Crippen LogP contribution in [0.2, 0.25) is 0 Å². The van der Waals surface area contributed by atoms with E-state index in [-0.39, 0.29) is 5.41 Å². The van der Waals surface area contributed by atoms with Gasteiger partial charge >= 0.3 is 0 Å². The van der Waals surface area contributed by atoms with Gasteiger partial charge in [-0.25, -0.2) is 0 Å². The summed E-state index contributed by atoms with van der Waals surface area (Å²) in [6, 6.07) is 0. The summed E-state index contributed by atoms with van der Waals surface area (Å²) < 4.78 is 11.0. The molecule has 0 unspecified atom stereocenters. The van der Waals surface area contributed by atoms with Crippen molar-refractivity contribution in [2.45, 2.75) is 32.5 Å². The molecule has 3 nitrogen and oxygen atoms in total. The number of carbonyl (C=O) groups is 1. The van der Waals surface area contributed by atoms with E-state index < -0.39 is 5.79 Å². The SMILES string of the molecule is CC1(C)OCC2(CO1)CC(=O)C2. The van der Waals surface area contributed by atoms with Crippen LogP contribution in [0.15, 0.2) is 0 Å². The number of ketones is 1. The van der Waals surface area contributed by atoms with Gasteiger partial charge in [0, 0.05) is 18.3 Å². The Morgan fingerprint density at radius 3 is 2.08 bits per heavy atom. The van der Waals surface area contributed by atoms with Crippen LogP contribution in [0.1, 0.15) is 26.7 Å². The van der Waals surface area contributed by atoms with E-state index in [9.17, 15) is 4.79 Å². The van der Waals surface area contributed by atoms with Crippen molar-refractivity contribution in [1.29, 1.82) is 0 Å². The van der Waals surface area contributed by atoms with E-state index in [1.54, 1.807) is 0 Å². The lowest BCUT2D eigenvalue weighted by molar-refractivity contribution is -0.292. The van der Waals surface area contributed by atoms with Crippen LogP contribution in [0, 0.1) is 5.41 Å². The lowest BCUT2D eigenvalue weighted by Gasteiger charge is -2.47. The standard InChI is InChI=1S/C9H14O3/c1-8(2)11-5-9(6-12-8)3-7(10)4-9/h3-6H2,1-2H3. The third kappa shape index (κ3) is 1.27. The van der Waals surface area contributed by atoms with Crippen molar-refractivity contribution in [2.24, 2.45) is 5.41 Å². The zero-order chi connectivity index (χ0) is 8.82. The van der Waals surface area contributed by atoms with Crippen LogP contribution >= 0.6 is 0 Å². The lowest BCUT2D eigenvalue weighted by Crippen LogP contribution is -2.53. The Balaban J connectivity index is 1.95. The summed E-state index contributed by atoms with van der Waals surface area (Å²) in [6.07, 6.45) is 1.28. The first-order chi connectivity index (χ1) is 5.52. The van der Waals surface area contributed by atoms with Gasteiger partial charge in [0.1, 0.15) is 5.78 Å². The van der Waals surface area contributed by atoms with Crippen LogP contribution in [0.5, 0.6) is 0 Å². The van der Waals surface area contributed by atoms with Gasteiger partial charge in [0.25, 0.3) is 0 Å². The first-order valence-electron chi connectivity index (χ1n) is 4.31. The van der Waals surface area contributed by atoms with Crippen LogP contribution in [0.3, 0.4) is 0 Å². The second-order valence-electron chi connectivity index (χ2n) is 4.37. The van der Waals surface area contributed by atoms with Gasteiger partial charge < -0.3 is 9.47 Å². The van der Waals surface area contributed by atoms with E-state index in [4.69, 9.17) is 9.47 Å². The van der Waals surface area contributed by atoms with E-state index in [0.717, 1.165) is 0 Å². The molecule has 3 heteroatoms. The molecule has 1 aliphatic carbocycles. The van der Waals surface area contributed by atoms with E-state index in [2.05, 4.69) is 0 Å². The molecule has 1 saturated carbocycles. The molecular weight excluding hydrogens is 156 g/mol. The normalized spacial score (nSPS) is 31.7. The molecule has 2 aliphatic rings. The topological polar surface area (TPSA) is 35.5 Å². The molecule has 0 radical (unpaired) electrons. The fraction of sp³-hybridized carbons (Fsp3) is 0.889. The lowest BCUT2D eigenvalue weighted by atomic mass is 9.68. The molecule has 1 aliphatic heterocycles. The molecule has 1 spiro atoms. The van der Waals surface area contributed by atoms with Gasteiger partial charge in [-0.3, -0.25) is 4.79 Å². The molecule has 1 heterocycles. The fourth-order valence-corrected chi connectivity index (χ4v) is 1.73. The third-order valence-corrected chi connectivity index (χ3v) is 2.60. The minimum absolute atomic E-state index is 0.0343. The number of hydrogen-bond donors (Lipinski definition) is 0. The van der Waals surface area contributed by atoms with Gasteiger partial charge in [-0.1, -0.05) is 0 Å². The van der Waals surface area contributed by atoms with Crippen molar-refractivity contribution in [3.05, 3.63) is 0 Å². The number of hydrogen-bond acceptors (Lipinski definition) is 3. The maximum Gasteiger partial charge on any atom is 0.162 e. The van der Waals surface area contributed by atoms with Gasteiger partial charge in [-0.05, 0) is 13.8 Å². The molecule has 68 valence electrons. The molecule has 0 aromatic rings. The second-order valence-corrected chi connectivity index (χ2v) is 4.37. The quantitative estimate of drug-likeness (QED) is 0.546. The Morgan fingerprint density at radius 1 is 1.17 bits per heavy atom. The molecule has 0 amide bonds. The monoisotopic (exact) mass is 170 g/mol. The Bertz CT molecular complexity index is 200. The highest BCUT2D eigenvalue weighted by molar-refractivity contribution is 5.86. The average Bonchev–Trinajstić information content (AvgIpc) is 1.92. The van der Waals surface area contributed by atoms with E-state index in [1.807, 2.05) is 13.8 Å². The van der Waals surface area contributed by atoms with Crippen LogP contribution in [-0.4, -0.2) is 24.8 Å². The van der Waals surface area contributed by atoms with Crippen molar-refractivity contribution < 1.29 is 14.3 Å². The van der Waals surface area contributed by atoms with Crippen molar-refractivity contribution >= 4 is 5.78 Å². The van der Waals surface area contributed by atoms with Gasteiger partial charge in [0.15, 0.2) is 5.79 Å². The van der Waals surface area contributed by atoms with Crippen LogP contribution in [0.25, 0.3) is 0 Å². The van der Waals surface area contributed by atoms with Crippen molar-refractivity contribution in [2.75, 3.05) is 13.2 Å². The van der Waals surface area contributed by atoms with Crippen molar-refractivity contribution in [1.82, 2.24) is 0 Å². The van der Waals surface area contributed by atoms with E-state index in [0.29, 0.717) is 31.8 Å². The van der Waals surface area contributed by atoms with Crippen LogP contribution in [0.4, 0.5) is 0 Å². The van der Waals surface area contributed by atoms with E-state index >= 15 is 0 Å². The van der Waals surface area contributed by atoms with Crippen LogP contribution < -0.4 is 0 Å². The minimum Gasteiger partial charge on any atom is -0.350 e. The highest BCUT2D eigenvalue weighted by atomic mass is 16.7. The molecule has 0 aromatic carbocycles. The summed E-state index contributed by atoms with van der Waals surface area (Å²) in [5, 5.41) is 0. The Morgan fingerprint density at radius 2 is 1.67 bits per heavy atom. The third-order valence-electron chi connectivity index (χ3n) is 2.60. The minimum atomic E-state index is -0.454. The number of carbonyl (C=O) groups excluding carboxylic acids is 1.